The van der Waals surface area contributed by atoms with Gasteiger partial charge < -0.3 is 19.3 Å². The Morgan fingerprint density at radius 2 is 1.79 bits per heavy atom. The lowest BCUT2D eigenvalue weighted by Gasteiger charge is -2.18. The van der Waals surface area contributed by atoms with Crippen molar-refractivity contribution in [2.24, 2.45) is 0 Å². The first-order valence-electron chi connectivity index (χ1n) is 13.3. The molecule has 0 amide bonds. The van der Waals surface area contributed by atoms with Crippen LogP contribution in [0, 0.1) is 0 Å². The van der Waals surface area contributed by atoms with Crippen LogP contribution in [0.4, 0.5) is 0 Å². The number of aliphatic hydroxyl groups is 1. The van der Waals surface area contributed by atoms with Gasteiger partial charge in [0.1, 0.15) is 30.5 Å². The van der Waals surface area contributed by atoms with Crippen LogP contribution in [0.2, 0.25) is 0 Å². The largest absolute Gasteiger partial charge is 0.488 e. The number of carbonyl (C=O) groups excluding carboxylic acids is 1. The van der Waals surface area contributed by atoms with Crippen molar-refractivity contribution in [2.45, 2.75) is 32.7 Å². The van der Waals surface area contributed by atoms with Gasteiger partial charge in [-0.3, -0.25) is 15.1 Å². The summed E-state index contributed by atoms with van der Waals surface area (Å²) in [6, 6.07) is 20.6. The lowest BCUT2D eigenvalue weighted by molar-refractivity contribution is -0.146. The second kappa shape index (κ2) is 15.4. The monoisotopic (exact) mass is 668 g/mol. The molecule has 5 aromatic rings. The van der Waals surface area contributed by atoms with Crippen LogP contribution < -0.4 is 14.8 Å². The number of carbonyl (C=O) groups is 1. The normalized spacial score (nSPS) is 11.5. The SMILES string of the molecule is CCOC(=O)C(CO)NCc1c(OCc2cccnc2)cc(OCc2cccc(-c3ccccc3)c2Br)c2nonc12.Cl. The van der Waals surface area contributed by atoms with E-state index in [1.807, 2.05) is 48.5 Å². The fourth-order valence-electron chi connectivity index (χ4n) is 4.37. The van der Waals surface area contributed by atoms with Crippen LogP contribution in [0.25, 0.3) is 22.2 Å². The molecule has 2 N–H and O–H groups in total. The Hall–Kier alpha value is -4.03. The Balaban J connectivity index is 0.00000423. The standard InChI is InChI=1S/C31H29BrN4O6.ClH/c1-2-39-31(38)25(17-37)34-16-24-26(40-18-20-8-7-13-33-15-20)14-27(30-29(24)35-42-36-30)41-19-22-11-6-12-23(28(22)32)21-9-4-3-5-10-21;/h3-15,25,34,37H,2,16-19H2,1H3;1H. The van der Waals surface area contributed by atoms with E-state index in [1.54, 1.807) is 25.4 Å². The minimum atomic E-state index is -0.934. The Labute approximate surface area is 262 Å². The molecule has 224 valence electrons. The molecule has 0 aliphatic heterocycles. The fraction of sp³-hybridized carbons (Fsp3) is 0.226. The quantitative estimate of drug-likeness (QED) is 0.152. The van der Waals surface area contributed by atoms with E-state index in [2.05, 4.69) is 48.7 Å². The summed E-state index contributed by atoms with van der Waals surface area (Å²) in [5, 5.41) is 21.0. The molecule has 0 saturated carbocycles. The maximum Gasteiger partial charge on any atom is 0.325 e. The van der Waals surface area contributed by atoms with Crippen molar-refractivity contribution in [1.82, 2.24) is 20.6 Å². The zero-order valence-electron chi connectivity index (χ0n) is 23.2. The second-order valence-corrected chi connectivity index (χ2v) is 10.1. The molecule has 3 aromatic carbocycles. The molecule has 5 rings (SSSR count). The van der Waals surface area contributed by atoms with Crippen molar-refractivity contribution in [2.75, 3.05) is 13.2 Å². The summed E-state index contributed by atoms with van der Waals surface area (Å²) in [6.07, 6.45) is 3.40. The van der Waals surface area contributed by atoms with E-state index < -0.39 is 18.6 Å². The molecular weight excluding hydrogens is 640 g/mol. The van der Waals surface area contributed by atoms with E-state index in [1.165, 1.54) is 0 Å². The van der Waals surface area contributed by atoms with Crippen molar-refractivity contribution in [3.63, 3.8) is 0 Å². The highest BCUT2D eigenvalue weighted by atomic mass is 79.9. The number of pyridine rings is 1. The van der Waals surface area contributed by atoms with Gasteiger partial charge in [-0.2, -0.15) is 0 Å². The van der Waals surface area contributed by atoms with E-state index >= 15 is 0 Å². The summed E-state index contributed by atoms with van der Waals surface area (Å²) in [7, 11) is 0. The second-order valence-electron chi connectivity index (χ2n) is 9.26. The number of aromatic nitrogens is 3. The number of aliphatic hydroxyl groups excluding tert-OH is 1. The number of benzene rings is 3. The third-order valence-corrected chi connectivity index (χ3v) is 7.45. The third kappa shape index (κ3) is 7.68. The Kier molecular flexibility index (Phi) is 11.5. The van der Waals surface area contributed by atoms with Gasteiger partial charge in [-0.1, -0.05) is 54.6 Å². The lowest BCUT2D eigenvalue weighted by atomic mass is 10.0. The van der Waals surface area contributed by atoms with Crippen LogP contribution in [-0.4, -0.2) is 45.6 Å². The third-order valence-electron chi connectivity index (χ3n) is 6.51. The molecule has 0 bridgehead atoms. The van der Waals surface area contributed by atoms with Crippen LogP contribution in [0.1, 0.15) is 23.6 Å². The van der Waals surface area contributed by atoms with Crippen molar-refractivity contribution in [3.8, 4) is 22.6 Å². The number of hydrogen-bond donors (Lipinski definition) is 2. The minimum Gasteiger partial charge on any atom is -0.488 e. The van der Waals surface area contributed by atoms with Crippen molar-refractivity contribution in [3.05, 3.63) is 100 Å². The molecule has 0 aliphatic rings. The Morgan fingerprint density at radius 1 is 1.00 bits per heavy atom. The first-order valence-corrected chi connectivity index (χ1v) is 14.1. The predicted molar refractivity (Wildman–Crippen MR) is 166 cm³/mol. The predicted octanol–water partition coefficient (Wildman–Crippen LogP) is 5.64. The molecular formula is C31H30BrClN4O6. The van der Waals surface area contributed by atoms with Gasteiger partial charge in [-0.15, -0.1) is 12.4 Å². The number of fused-ring (bicyclic) bond motifs is 1. The van der Waals surface area contributed by atoms with Crippen molar-refractivity contribution >= 4 is 45.3 Å². The summed E-state index contributed by atoms with van der Waals surface area (Å²) in [6.45, 7) is 2.04. The molecule has 2 heterocycles. The minimum absolute atomic E-state index is 0. The van der Waals surface area contributed by atoms with Gasteiger partial charge in [0.05, 0.1) is 13.2 Å². The number of halogens is 2. The average molecular weight is 670 g/mol. The molecule has 1 atom stereocenters. The summed E-state index contributed by atoms with van der Waals surface area (Å²) < 4.78 is 23.6. The average Bonchev–Trinajstić information content (AvgIpc) is 3.52. The molecule has 0 aliphatic carbocycles. The van der Waals surface area contributed by atoms with Gasteiger partial charge in [0.25, 0.3) is 0 Å². The zero-order valence-corrected chi connectivity index (χ0v) is 25.6. The summed E-state index contributed by atoms with van der Waals surface area (Å²) in [4.78, 5) is 16.4. The lowest BCUT2D eigenvalue weighted by Crippen LogP contribution is -2.40. The molecule has 0 spiro atoms. The number of nitrogens with one attached hydrogen (secondary N) is 1. The van der Waals surface area contributed by atoms with Gasteiger partial charge in [0.15, 0.2) is 11.3 Å². The van der Waals surface area contributed by atoms with Gasteiger partial charge in [-0.05, 0) is 50.4 Å². The Morgan fingerprint density at radius 3 is 2.53 bits per heavy atom. The van der Waals surface area contributed by atoms with E-state index in [-0.39, 0.29) is 38.8 Å². The highest BCUT2D eigenvalue weighted by Gasteiger charge is 2.23. The van der Waals surface area contributed by atoms with E-state index in [0.717, 1.165) is 26.7 Å². The van der Waals surface area contributed by atoms with Crippen LogP contribution in [0.15, 0.2) is 88.2 Å². The molecule has 12 heteroatoms. The number of ether oxygens (including phenoxy) is 3. The van der Waals surface area contributed by atoms with Crippen molar-refractivity contribution < 1.29 is 28.7 Å². The van der Waals surface area contributed by atoms with Crippen LogP contribution in [0.3, 0.4) is 0 Å². The van der Waals surface area contributed by atoms with Gasteiger partial charge in [0, 0.05) is 46.2 Å². The first kappa shape index (κ1) is 31.9. The maximum atomic E-state index is 12.3. The molecule has 0 fully saturated rings. The molecule has 0 saturated heterocycles. The van der Waals surface area contributed by atoms with E-state index in [4.69, 9.17) is 18.8 Å². The first-order chi connectivity index (χ1) is 20.6. The van der Waals surface area contributed by atoms with Gasteiger partial charge in [-0.25, -0.2) is 4.63 Å². The molecule has 0 radical (unpaired) electrons. The maximum absolute atomic E-state index is 12.3. The fourth-order valence-corrected chi connectivity index (χ4v) is 4.98. The molecule has 10 nitrogen and oxygen atoms in total. The van der Waals surface area contributed by atoms with Crippen LogP contribution >= 0.6 is 28.3 Å². The zero-order chi connectivity index (χ0) is 29.3. The highest BCUT2D eigenvalue weighted by Crippen LogP contribution is 2.36. The number of esters is 1. The smallest absolute Gasteiger partial charge is 0.325 e. The van der Waals surface area contributed by atoms with Crippen LogP contribution in [-0.2, 0) is 29.3 Å². The number of hydrogen-bond acceptors (Lipinski definition) is 10. The summed E-state index contributed by atoms with van der Waals surface area (Å²) in [5.74, 6) is 0.301. The molecule has 1 unspecified atom stereocenters. The Bertz CT molecular complexity index is 1640. The van der Waals surface area contributed by atoms with E-state index in [9.17, 15) is 9.90 Å². The number of rotatable bonds is 13. The topological polar surface area (TPSA) is 129 Å². The summed E-state index contributed by atoms with van der Waals surface area (Å²) >= 11 is 3.75. The molecule has 43 heavy (non-hydrogen) atoms. The number of nitrogens with zero attached hydrogens (tertiary/aromatic N) is 3. The van der Waals surface area contributed by atoms with Gasteiger partial charge in [0.2, 0.25) is 0 Å². The van der Waals surface area contributed by atoms with Crippen LogP contribution in [0.5, 0.6) is 11.5 Å². The van der Waals surface area contributed by atoms with Gasteiger partial charge >= 0.3 is 5.97 Å². The summed E-state index contributed by atoms with van der Waals surface area (Å²) in [5.41, 5.74) is 5.31. The van der Waals surface area contributed by atoms with E-state index in [0.29, 0.717) is 28.1 Å². The van der Waals surface area contributed by atoms with Crippen molar-refractivity contribution in [1.29, 1.82) is 0 Å². The highest BCUT2D eigenvalue weighted by molar-refractivity contribution is 9.10. The molecule has 2 aromatic heterocycles.